The zero-order valence-electron chi connectivity index (χ0n) is 14.6. The lowest BCUT2D eigenvalue weighted by atomic mass is 10.1. The summed E-state index contributed by atoms with van der Waals surface area (Å²) < 4.78 is 7.03. The molecule has 4 rings (SSSR count). The van der Waals surface area contributed by atoms with Gasteiger partial charge in [0.1, 0.15) is 10.8 Å². The zero-order valence-corrected chi connectivity index (χ0v) is 15.4. The fraction of sp³-hybridized carbons (Fsp3) is 0.150. The molecule has 0 saturated heterocycles. The maximum Gasteiger partial charge on any atom is 0.234 e. The maximum atomic E-state index is 5.20. The highest BCUT2D eigenvalue weighted by atomic mass is 32.1. The molecule has 130 valence electrons. The second-order valence-corrected chi connectivity index (χ2v) is 6.96. The third kappa shape index (κ3) is 3.36. The number of ether oxygens (including phenoxy) is 1. The average molecular weight is 362 g/mol. The molecule has 2 aromatic carbocycles. The molecule has 0 atom stereocenters. The van der Waals surface area contributed by atoms with E-state index < -0.39 is 0 Å². The van der Waals surface area contributed by atoms with E-state index in [2.05, 4.69) is 40.4 Å². The summed E-state index contributed by atoms with van der Waals surface area (Å²) in [5.41, 5.74) is 3.51. The van der Waals surface area contributed by atoms with Crippen LogP contribution in [0.4, 0.5) is 0 Å². The number of rotatable bonds is 5. The van der Waals surface area contributed by atoms with E-state index >= 15 is 0 Å². The Kier molecular flexibility index (Phi) is 4.50. The second-order valence-electron chi connectivity index (χ2n) is 5.97. The predicted molar refractivity (Wildman–Crippen MR) is 104 cm³/mol. The van der Waals surface area contributed by atoms with Gasteiger partial charge in [-0.3, -0.25) is 0 Å². The molecule has 4 aromatic rings. The fourth-order valence-electron chi connectivity index (χ4n) is 2.74. The van der Waals surface area contributed by atoms with Crippen molar-refractivity contribution >= 4 is 27.9 Å². The molecule has 0 spiro atoms. The van der Waals surface area contributed by atoms with Gasteiger partial charge < -0.3 is 4.74 Å². The molecule has 0 aliphatic heterocycles. The molecule has 2 aromatic heterocycles. The van der Waals surface area contributed by atoms with Crippen LogP contribution in [0, 0.1) is 0 Å². The van der Waals surface area contributed by atoms with Crippen molar-refractivity contribution < 1.29 is 4.74 Å². The normalized spacial score (nSPS) is 11.8. The number of hydrogen-bond donors (Lipinski definition) is 0. The number of methoxy groups -OCH3 is 1. The SMILES string of the molecule is COc1ccc(Cc2nnc3sc(/C=C(/C)c4ccccc4)nn23)cc1. The molecular formula is C20H18N4OS. The van der Waals surface area contributed by atoms with Crippen LogP contribution >= 0.6 is 11.3 Å². The standard InChI is InChI=1S/C20H18N4OS/c1-14(16-6-4-3-5-7-16)12-19-23-24-18(21-22-20(24)26-19)13-15-8-10-17(25-2)11-9-15/h3-12H,13H2,1-2H3/b14-12-. The van der Waals surface area contributed by atoms with Gasteiger partial charge in [-0.05, 0) is 41.8 Å². The Morgan fingerprint density at radius 1 is 1.08 bits per heavy atom. The number of hydrogen-bond acceptors (Lipinski definition) is 5. The highest BCUT2D eigenvalue weighted by Crippen LogP contribution is 2.22. The van der Waals surface area contributed by atoms with Crippen molar-refractivity contribution in [1.82, 2.24) is 19.8 Å². The molecule has 0 N–H and O–H groups in total. The largest absolute Gasteiger partial charge is 0.497 e. The van der Waals surface area contributed by atoms with Crippen molar-refractivity contribution in [2.45, 2.75) is 13.3 Å². The Morgan fingerprint density at radius 3 is 2.58 bits per heavy atom. The summed E-state index contributed by atoms with van der Waals surface area (Å²) in [6.45, 7) is 2.09. The topological polar surface area (TPSA) is 52.3 Å². The monoisotopic (exact) mass is 362 g/mol. The Labute approximate surface area is 155 Å². The number of benzene rings is 2. The smallest absolute Gasteiger partial charge is 0.234 e. The van der Waals surface area contributed by atoms with Crippen molar-refractivity contribution in [2.75, 3.05) is 7.11 Å². The lowest BCUT2D eigenvalue weighted by molar-refractivity contribution is 0.414. The number of aromatic nitrogens is 4. The van der Waals surface area contributed by atoms with Crippen molar-refractivity contribution in [2.24, 2.45) is 0 Å². The van der Waals surface area contributed by atoms with E-state index in [4.69, 9.17) is 4.74 Å². The van der Waals surface area contributed by atoms with E-state index in [9.17, 15) is 0 Å². The predicted octanol–water partition coefficient (Wildman–Crippen LogP) is 4.35. The highest BCUT2D eigenvalue weighted by molar-refractivity contribution is 7.17. The number of allylic oxidation sites excluding steroid dienone is 1. The van der Waals surface area contributed by atoms with Gasteiger partial charge >= 0.3 is 0 Å². The van der Waals surface area contributed by atoms with Gasteiger partial charge in [0, 0.05) is 6.42 Å². The fourth-order valence-corrected chi connectivity index (χ4v) is 3.60. The third-order valence-corrected chi connectivity index (χ3v) is 5.01. The van der Waals surface area contributed by atoms with Crippen molar-refractivity contribution in [3.8, 4) is 5.75 Å². The van der Waals surface area contributed by atoms with Crippen LogP contribution in [0.5, 0.6) is 5.75 Å². The summed E-state index contributed by atoms with van der Waals surface area (Å²) in [7, 11) is 1.67. The van der Waals surface area contributed by atoms with Crippen LogP contribution in [0.15, 0.2) is 54.6 Å². The molecule has 5 nitrogen and oxygen atoms in total. The van der Waals surface area contributed by atoms with Gasteiger partial charge in [0.05, 0.1) is 7.11 Å². The van der Waals surface area contributed by atoms with Gasteiger partial charge in [-0.1, -0.05) is 53.8 Å². The Balaban J connectivity index is 1.60. The van der Waals surface area contributed by atoms with Crippen LogP contribution in [0.1, 0.15) is 28.9 Å². The molecule has 26 heavy (non-hydrogen) atoms. The molecule has 2 heterocycles. The van der Waals surface area contributed by atoms with Crippen LogP contribution in [0.2, 0.25) is 0 Å². The number of fused-ring (bicyclic) bond motifs is 1. The molecule has 0 amide bonds. The molecule has 6 heteroatoms. The first-order valence-electron chi connectivity index (χ1n) is 8.31. The van der Waals surface area contributed by atoms with E-state index in [1.807, 2.05) is 47.0 Å². The van der Waals surface area contributed by atoms with Crippen molar-refractivity contribution in [3.05, 3.63) is 76.6 Å². The lowest BCUT2D eigenvalue weighted by Gasteiger charge is -2.01. The van der Waals surface area contributed by atoms with Gasteiger partial charge in [-0.15, -0.1) is 10.2 Å². The summed E-state index contributed by atoms with van der Waals surface area (Å²) in [6.07, 6.45) is 2.77. The van der Waals surface area contributed by atoms with E-state index in [0.717, 1.165) is 27.1 Å². The lowest BCUT2D eigenvalue weighted by Crippen LogP contribution is -1.98. The number of nitrogens with zero attached hydrogens (tertiary/aromatic N) is 4. The van der Waals surface area contributed by atoms with Gasteiger partial charge in [-0.25, -0.2) is 0 Å². The van der Waals surface area contributed by atoms with Gasteiger partial charge in [0.2, 0.25) is 4.96 Å². The first-order chi connectivity index (χ1) is 12.7. The summed E-state index contributed by atoms with van der Waals surface area (Å²) in [5.74, 6) is 1.68. The Bertz CT molecular complexity index is 1050. The molecule has 0 fully saturated rings. The van der Waals surface area contributed by atoms with E-state index in [1.165, 1.54) is 22.5 Å². The quantitative estimate of drug-likeness (QED) is 0.530. The molecule has 0 aliphatic rings. The van der Waals surface area contributed by atoms with Crippen molar-refractivity contribution in [3.63, 3.8) is 0 Å². The second kappa shape index (κ2) is 7.09. The van der Waals surface area contributed by atoms with Gasteiger partial charge in [-0.2, -0.15) is 9.61 Å². The van der Waals surface area contributed by atoms with Crippen LogP contribution in [-0.4, -0.2) is 26.9 Å². The minimum absolute atomic E-state index is 0.676. The molecular weight excluding hydrogens is 344 g/mol. The van der Waals surface area contributed by atoms with Crippen molar-refractivity contribution in [1.29, 1.82) is 0 Å². The summed E-state index contributed by atoms with van der Waals surface area (Å²) in [5, 5.41) is 14.1. The van der Waals surface area contributed by atoms with Crippen LogP contribution in [0.25, 0.3) is 16.6 Å². The zero-order chi connectivity index (χ0) is 17.9. The maximum absolute atomic E-state index is 5.20. The van der Waals surface area contributed by atoms with E-state index in [-0.39, 0.29) is 0 Å². The molecule has 0 saturated carbocycles. The Morgan fingerprint density at radius 2 is 1.85 bits per heavy atom. The molecule has 0 bridgehead atoms. The highest BCUT2D eigenvalue weighted by Gasteiger charge is 2.11. The van der Waals surface area contributed by atoms with E-state index in [0.29, 0.717) is 6.42 Å². The summed E-state index contributed by atoms with van der Waals surface area (Å²) >= 11 is 1.54. The minimum Gasteiger partial charge on any atom is -0.497 e. The summed E-state index contributed by atoms with van der Waals surface area (Å²) in [4.78, 5) is 0.806. The van der Waals surface area contributed by atoms with Crippen LogP contribution in [-0.2, 0) is 6.42 Å². The molecule has 0 radical (unpaired) electrons. The van der Waals surface area contributed by atoms with Crippen LogP contribution < -0.4 is 4.74 Å². The first-order valence-corrected chi connectivity index (χ1v) is 9.12. The van der Waals surface area contributed by atoms with Gasteiger partial charge in [0.25, 0.3) is 0 Å². The van der Waals surface area contributed by atoms with Crippen LogP contribution in [0.3, 0.4) is 0 Å². The molecule has 0 unspecified atom stereocenters. The van der Waals surface area contributed by atoms with Gasteiger partial charge in [0.15, 0.2) is 5.82 Å². The van der Waals surface area contributed by atoms with E-state index in [1.54, 1.807) is 7.11 Å². The summed E-state index contributed by atoms with van der Waals surface area (Å²) in [6, 6.07) is 18.3. The third-order valence-electron chi connectivity index (χ3n) is 4.16. The average Bonchev–Trinajstić information content (AvgIpc) is 3.24. The first kappa shape index (κ1) is 16.5. The minimum atomic E-state index is 0.676. The molecule has 0 aliphatic carbocycles. The Hall–Kier alpha value is -2.99.